The van der Waals surface area contributed by atoms with E-state index in [0.717, 1.165) is 0 Å². The predicted octanol–water partition coefficient (Wildman–Crippen LogP) is 4.94. The fraction of sp³-hybridized carbons (Fsp3) is 0.367. The normalized spacial score (nSPS) is 20.0. The van der Waals surface area contributed by atoms with Crippen LogP contribution in [0.3, 0.4) is 0 Å². The van der Waals surface area contributed by atoms with Crippen molar-refractivity contribution in [2.24, 2.45) is 5.92 Å². The molecule has 1 aliphatic rings. The Bertz CT molecular complexity index is 1370. The van der Waals surface area contributed by atoms with Gasteiger partial charge in [0.1, 0.15) is 5.60 Å². The fourth-order valence-corrected chi connectivity index (χ4v) is 5.19. The standard InChI is InChI=1S/C30H34O9/c1-16-13-18-14-20(31)24(35-4)26(37-6)22(18)23-19(15-21(34-3)25(36-5)27(23)38-7)28(30(16,2)33)39-29(32)17-11-9-8-10-12-17/h8-12,14-16,28,31,33H,13H2,1-7H3/t16-,28+,30+/m1/s1. The lowest BCUT2D eigenvalue weighted by Crippen LogP contribution is -2.43. The Labute approximate surface area is 227 Å². The first-order valence-corrected chi connectivity index (χ1v) is 12.4. The monoisotopic (exact) mass is 538 g/mol. The summed E-state index contributed by atoms with van der Waals surface area (Å²) in [4.78, 5) is 13.4. The molecule has 0 bridgehead atoms. The van der Waals surface area contributed by atoms with E-state index >= 15 is 0 Å². The number of carbonyl (C=O) groups is 1. The average molecular weight is 539 g/mol. The van der Waals surface area contributed by atoms with Crippen LogP contribution in [0.15, 0.2) is 42.5 Å². The van der Waals surface area contributed by atoms with Gasteiger partial charge in [0.15, 0.2) is 29.1 Å². The van der Waals surface area contributed by atoms with Crippen LogP contribution in [0.1, 0.15) is 41.4 Å². The lowest BCUT2D eigenvalue weighted by Gasteiger charge is -2.41. The topological polar surface area (TPSA) is 113 Å². The number of phenols is 1. The van der Waals surface area contributed by atoms with E-state index in [4.69, 9.17) is 28.4 Å². The molecule has 3 aromatic rings. The Morgan fingerprint density at radius 3 is 2.00 bits per heavy atom. The van der Waals surface area contributed by atoms with Crippen LogP contribution in [-0.4, -0.2) is 57.3 Å². The van der Waals surface area contributed by atoms with Crippen LogP contribution in [0.4, 0.5) is 0 Å². The summed E-state index contributed by atoms with van der Waals surface area (Å²) in [5.74, 6) is 0.0690. The number of esters is 1. The third-order valence-electron chi connectivity index (χ3n) is 7.39. The van der Waals surface area contributed by atoms with Crippen LogP contribution in [-0.2, 0) is 11.2 Å². The van der Waals surface area contributed by atoms with Gasteiger partial charge in [0, 0.05) is 16.7 Å². The first-order chi connectivity index (χ1) is 18.6. The van der Waals surface area contributed by atoms with Gasteiger partial charge in [-0.1, -0.05) is 25.1 Å². The third-order valence-corrected chi connectivity index (χ3v) is 7.39. The third kappa shape index (κ3) is 4.67. The largest absolute Gasteiger partial charge is 0.504 e. The second-order valence-corrected chi connectivity index (χ2v) is 9.59. The SMILES string of the molecule is COc1cc2c(c(OC)c1OC)-c1c(cc(O)c(OC)c1OC)C[C@@H](C)[C@](C)(O)[C@H]2OC(=O)c1ccccc1. The minimum Gasteiger partial charge on any atom is -0.504 e. The summed E-state index contributed by atoms with van der Waals surface area (Å²) in [5.41, 5.74) is 0.822. The van der Waals surface area contributed by atoms with Gasteiger partial charge in [-0.25, -0.2) is 4.79 Å². The molecule has 0 saturated carbocycles. The van der Waals surface area contributed by atoms with Crippen molar-refractivity contribution < 1.29 is 43.4 Å². The number of carbonyl (C=O) groups excluding carboxylic acids is 1. The van der Waals surface area contributed by atoms with Crippen molar-refractivity contribution >= 4 is 5.97 Å². The van der Waals surface area contributed by atoms with Gasteiger partial charge in [0.2, 0.25) is 11.5 Å². The van der Waals surface area contributed by atoms with Crippen LogP contribution in [0.25, 0.3) is 11.1 Å². The van der Waals surface area contributed by atoms with Crippen LogP contribution >= 0.6 is 0 Å². The predicted molar refractivity (Wildman–Crippen MR) is 144 cm³/mol. The van der Waals surface area contributed by atoms with Gasteiger partial charge in [-0.15, -0.1) is 0 Å². The first-order valence-electron chi connectivity index (χ1n) is 12.4. The van der Waals surface area contributed by atoms with E-state index in [1.54, 1.807) is 49.4 Å². The number of rotatable bonds is 7. The molecule has 1 aliphatic carbocycles. The quantitative estimate of drug-likeness (QED) is 0.404. The van der Waals surface area contributed by atoms with Crippen molar-refractivity contribution in [3.8, 4) is 45.6 Å². The maximum absolute atomic E-state index is 13.4. The van der Waals surface area contributed by atoms with E-state index in [2.05, 4.69) is 0 Å². The molecule has 9 nitrogen and oxygen atoms in total. The van der Waals surface area contributed by atoms with Crippen molar-refractivity contribution in [1.29, 1.82) is 0 Å². The maximum atomic E-state index is 13.4. The molecule has 0 aliphatic heterocycles. The first kappa shape index (κ1) is 27.9. The number of fused-ring (bicyclic) bond motifs is 3. The van der Waals surface area contributed by atoms with E-state index in [-0.39, 0.29) is 23.0 Å². The molecule has 0 aromatic heterocycles. The molecule has 3 aromatic carbocycles. The number of benzene rings is 3. The van der Waals surface area contributed by atoms with E-state index in [0.29, 0.717) is 45.7 Å². The summed E-state index contributed by atoms with van der Waals surface area (Å²) < 4.78 is 34.6. The molecular formula is C30H34O9. The number of hydrogen-bond acceptors (Lipinski definition) is 9. The zero-order chi connectivity index (χ0) is 28.5. The van der Waals surface area contributed by atoms with Crippen LogP contribution in [0.5, 0.6) is 34.5 Å². The van der Waals surface area contributed by atoms with Crippen molar-refractivity contribution in [2.75, 3.05) is 35.5 Å². The molecule has 39 heavy (non-hydrogen) atoms. The Balaban J connectivity index is 2.14. The van der Waals surface area contributed by atoms with E-state index in [1.807, 2.05) is 6.92 Å². The summed E-state index contributed by atoms with van der Waals surface area (Å²) in [6.45, 7) is 3.48. The lowest BCUT2D eigenvalue weighted by molar-refractivity contribution is -0.107. The number of aliphatic hydroxyl groups is 1. The highest BCUT2D eigenvalue weighted by Crippen LogP contribution is 2.58. The highest BCUT2D eigenvalue weighted by atomic mass is 16.6. The number of hydrogen-bond donors (Lipinski definition) is 2. The van der Waals surface area contributed by atoms with Gasteiger partial charge in [-0.3, -0.25) is 0 Å². The fourth-order valence-electron chi connectivity index (χ4n) is 5.19. The zero-order valence-electron chi connectivity index (χ0n) is 23.2. The summed E-state index contributed by atoms with van der Waals surface area (Å²) in [6, 6.07) is 11.8. The van der Waals surface area contributed by atoms with Crippen LogP contribution in [0, 0.1) is 5.92 Å². The molecule has 3 atom stereocenters. The number of ether oxygens (including phenoxy) is 6. The van der Waals surface area contributed by atoms with Gasteiger partial charge < -0.3 is 38.6 Å². The molecule has 0 radical (unpaired) electrons. The molecule has 0 unspecified atom stereocenters. The smallest absolute Gasteiger partial charge is 0.338 e. The number of methoxy groups -OCH3 is 5. The van der Waals surface area contributed by atoms with Gasteiger partial charge in [0.05, 0.1) is 41.1 Å². The van der Waals surface area contributed by atoms with Gasteiger partial charge in [-0.05, 0) is 49.1 Å². The van der Waals surface area contributed by atoms with Crippen LogP contribution in [0.2, 0.25) is 0 Å². The highest BCUT2D eigenvalue weighted by Gasteiger charge is 2.46. The Morgan fingerprint density at radius 1 is 0.846 bits per heavy atom. The summed E-state index contributed by atoms with van der Waals surface area (Å²) in [6.07, 6.45) is -0.867. The van der Waals surface area contributed by atoms with E-state index in [1.165, 1.54) is 35.5 Å². The van der Waals surface area contributed by atoms with Crippen molar-refractivity contribution in [3.63, 3.8) is 0 Å². The van der Waals surface area contributed by atoms with E-state index in [9.17, 15) is 15.0 Å². The number of aromatic hydroxyl groups is 1. The van der Waals surface area contributed by atoms with Crippen LogP contribution < -0.4 is 23.7 Å². The Morgan fingerprint density at radius 2 is 1.44 bits per heavy atom. The summed E-state index contributed by atoms with van der Waals surface area (Å²) in [7, 11) is 7.34. The molecular weight excluding hydrogens is 504 g/mol. The molecule has 0 saturated heterocycles. The van der Waals surface area contributed by atoms with Gasteiger partial charge in [-0.2, -0.15) is 0 Å². The number of phenolic OH excluding ortho intramolecular Hbond substituents is 1. The molecule has 0 amide bonds. The van der Waals surface area contributed by atoms with Gasteiger partial charge >= 0.3 is 5.97 Å². The van der Waals surface area contributed by atoms with Gasteiger partial charge in [0.25, 0.3) is 0 Å². The minimum atomic E-state index is -1.57. The molecule has 208 valence electrons. The molecule has 2 N–H and O–H groups in total. The van der Waals surface area contributed by atoms with Crippen molar-refractivity contribution in [2.45, 2.75) is 32.0 Å². The zero-order valence-corrected chi connectivity index (χ0v) is 23.2. The summed E-state index contributed by atoms with van der Waals surface area (Å²) >= 11 is 0. The Hall–Kier alpha value is -4.11. The minimum absolute atomic E-state index is 0.117. The maximum Gasteiger partial charge on any atom is 0.338 e. The lowest BCUT2D eigenvalue weighted by atomic mass is 9.73. The molecule has 9 heteroatoms. The second-order valence-electron chi connectivity index (χ2n) is 9.59. The van der Waals surface area contributed by atoms with Crippen molar-refractivity contribution in [3.05, 3.63) is 59.2 Å². The molecule has 4 rings (SSSR count). The molecule has 0 heterocycles. The highest BCUT2D eigenvalue weighted by molar-refractivity contribution is 5.91. The van der Waals surface area contributed by atoms with Crippen molar-refractivity contribution in [1.82, 2.24) is 0 Å². The Kier molecular flexibility index (Phi) is 7.83. The molecule has 0 spiro atoms. The average Bonchev–Trinajstić information content (AvgIpc) is 2.94. The summed E-state index contributed by atoms with van der Waals surface area (Å²) in [5, 5.41) is 22.8. The second kappa shape index (κ2) is 10.9. The van der Waals surface area contributed by atoms with E-state index < -0.39 is 23.6 Å². The molecule has 0 fully saturated rings.